The van der Waals surface area contributed by atoms with Crippen molar-refractivity contribution in [2.45, 2.75) is 19.3 Å². The molecule has 1 saturated heterocycles. The molecule has 18 heavy (non-hydrogen) atoms. The van der Waals surface area contributed by atoms with E-state index in [0.717, 1.165) is 25.3 Å². The molecule has 1 fully saturated rings. The molecule has 1 aromatic rings. The van der Waals surface area contributed by atoms with Crippen LogP contribution in [0.4, 0.5) is 5.69 Å². The van der Waals surface area contributed by atoms with Gasteiger partial charge in [0.1, 0.15) is 11.5 Å². The molecule has 0 amide bonds. The van der Waals surface area contributed by atoms with Gasteiger partial charge >= 0.3 is 0 Å². The molecule has 2 rings (SSSR count). The third-order valence-electron chi connectivity index (χ3n) is 3.29. The SMILES string of the molecule is COc1ccc(OCCCN2CCCC2)cc1N. The average molecular weight is 250 g/mol. The van der Waals surface area contributed by atoms with Crippen molar-refractivity contribution < 1.29 is 9.47 Å². The van der Waals surface area contributed by atoms with E-state index < -0.39 is 0 Å². The Labute approximate surface area is 109 Å². The molecule has 0 aromatic heterocycles. The molecule has 1 aromatic carbocycles. The van der Waals surface area contributed by atoms with Crippen molar-refractivity contribution in [2.24, 2.45) is 0 Å². The number of nitrogen functional groups attached to an aromatic ring is 1. The van der Waals surface area contributed by atoms with E-state index in [1.165, 1.54) is 25.9 Å². The fourth-order valence-corrected chi connectivity index (χ4v) is 2.29. The van der Waals surface area contributed by atoms with Gasteiger partial charge in [-0.2, -0.15) is 0 Å². The Balaban J connectivity index is 1.71. The van der Waals surface area contributed by atoms with Gasteiger partial charge in [-0.3, -0.25) is 0 Å². The van der Waals surface area contributed by atoms with Crippen LogP contribution in [0.5, 0.6) is 11.5 Å². The lowest BCUT2D eigenvalue weighted by Crippen LogP contribution is -2.21. The first-order valence-electron chi connectivity index (χ1n) is 6.58. The Morgan fingerprint density at radius 3 is 2.72 bits per heavy atom. The Hall–Kier alpha value is -1.42. The molecule has 4 heteroatoms. The minimum atomic E-state index is 0.620. The van der Waals surface area contributed by atoms with E-state index in [1.807, 2.05) is 18.2 Å². The van der Waals surface area contributed by atoms with E-state index in [0.29, 0.717) is 11.4 Å². The Morgan fingerprint density at radius 1 is 1.28 bits per heavy atom. The quantitative estimate of drug-likeness (QED) is 0.621. The van der Waals surface area contributed by atoms with Gasteiger partial charge < -0.3 is 20.1 Å². The van der Waals surface area contributed by atoms with Gasteiger partial charge in [-0.15, -0.1) is 0 Å². The predicted octanol–water partition coefficient (Wildman–Crippen LogP) is 2.14. The molecule has 0 saturated carbocycles. The van der Waals surface area contributed by atoms with Crippen LogP contribution in [0.1, 0.15) is 19.3 Å². The standard InChI is InChI=1S/C14H22N2O2/c1-17-14-6-5-12(11-13(14)15)18-10-4-9-16-7-2-3-8-16/h5-6,11H,2-4,7-10,15H2,1H3. The molecular weight excluding hydrogens is 228 g/mol. The molecule has 4 nitrogen and oxygen atoms in total. The van der Waals surface area contributed by atoms with Crippen LogP contribution in [0.25, 0.3) is 0 Å². The summed E-state index contributed by atoms with van der Waals surface area (Å²) in [5, 5.41) is 0. The Kier molecular flexibility index (Phi) is 4.70. The van der Waals surface area contributed by atoms with Crippen LogP contribution in [0, 0.1) is 0 Å². The lowest BCUT2D eigenvalue weighted by atomic mass is 10.3. The van der Waals surface area contributed by atoms with E-state index in [9.17, 15) is 0 Å². The Morgan fingerprint density at radius 2 is 2.06 bits per heavy atom. The highest BCUT2D eigenvalue weighted by molar-refractivity contribution is 5.56. The van der Waals surface area contributed by atoms with E-state index in [4.69, 9.17) is 15.2 Å². The summed E-state index contributed by atoms with van der Waals surface area (Å²) in [6.45, 7) is 4.36. The van der Waals surface area contributed by atoms with Gasteiger partial charge in [-0.25, -0.2) is 0 Å². The second-order valence-corrected chi connectivity index (χ2v) is 4.65. The molecule has 0 unspecified atom stereocenters. The molecular formula is C14H22N2O2. The van der Waals surface area contributed by atoms with Gasteiger partial charge in [-0.05, 0) is 44.5 Å². The first kappa shape index (κ1) is 13.0. The Bertz CT molecular complexity index is 376. The highest BCUT2D eigenvalue weighted by Crippen LogP contribution is 2.25. The molecule has 100 valence electrons. The summed E-state index contributed by atoms with van der Waals surface area (Å²) in [6, 6.07) is 5.55. The zero-order valence-electron chi connectivity index (χ0n) is 11.0. The van der Waals surface area contributed by atoms with Crippen molar-refractivity contribution in [3.8, 4) is 11.5 Å². The van der Waals surface area contributed by atoms with Crippen molar-refractivity contribution >= 4 is 5.69 Å². The zero-order chi connectivity index (χ0) is 12.8. The number of likely N-dealkylation sites (tertiary alicyclic amines) is 1. The molecule has 1 heterocycles. The minimum absolute atomic E-state index is 0.620. The molecule has 2 N–H and O–H groups in total. The molecule has 0 spiro atoms. The van der Waals surface area contributed by atoms with Crippen molar-refractivity contribution in [1.82, 2.24) is 4.90 Å². The third-order valence-corrected chi connectivity index (χ3v) is 3.29. The summed E-state index contributed by atoms with van der Waals surface area (Å²) in [4.78, 5) is 2.49. The minimum Gasteiger partial charge on any atom is -0.495 e. The van der Waals surface area contributed by atoms with Gasteiger partial charge in [0.15, 0.2) is 0 Å². The van der Waals surface area contributed by atoms with Crippen LogP contribution < -0.4 is 15.2 Å². The van der Waals surface area contributed by atoms with Crippen LogP contribution in [-0.4, -0.2) is 38.3 Å². The summed E-state index contributed by atoms with van der Waals surface area (Å²) in [7, 11) is 1.61. The van der Waals surface area contributed by atoms with Crippen molar-refractivity contribution in [3.63, 3.8) is 0 Å². The normalized spacial score (nSPS) is 15.8. The number of nitrogens with two attached hydrogens (primary N) is 1. The number of hydrogen-bond donors (Lipinski definition) is 1. The predicted molar refractivity (Wildman–Crippen MR) is 73.2 cm³/mol. The molecule has 0 aliphatic carbocycles. The fraction of sp³-hybridized carbons (Fsp3) is 0.571. The largest absolute Gasteiger partial charge is 0.495 e. The summed E-state index contributed by atoms with van der Waals surface area (Å²) in [6.07, 6.45) is 3.75. The second-order valence-electron chi connectivity index (χ2n) is 4.65. The van der Waals surface area contributed by atoms with Crippen LogP contribution in [0.15, 0.2) is 18.2 Å². The lowest BCUT2D eigenvalue weighted by molar-refractivity contribution is 0.263. The molecule has 0 radical (unpaired) electrons. The number of ether oxygens (including phenoxy) is 2. The summed E-state index contributed by atoms with van der Waals surface area (Å²) >= 11 is 0. The van der Waals surface area contributed by atoms with Crippen LogP contribution in [-0.2, 0) is 0 Å². The monoisotopic (exact) mass is 250 g/mol. The third kappa shape index (κ3) is 3.53. The molecule has 0 atom stereocenters. The number of anilines is 1. The summed E-state index contributed by atoms with van der Waals surface area (Å²) in [5.74, 6) is 1.51. The summed E-state index contributed by atoms with van der Waals surface area (Å²) < 4.78 is 10.8. The van der Waals surface area contributed by atoms with Gasteiger partial charge in [0, 0.05) is 12.6 Å². The smallest absolute Gasteiger partial charge is 0.142 e. The highest BCUT2D eigenvalue weighted by atomic mass is 16.5. The lowest BCUT2D eigenvalue weighted by Gasteiger charge is -2.14. The van der Waals surface area contributed by atoms with Gasteiger partial charge in [0.05, 0.1) is 19.4 Å². The second kappa shape index (κ2) is 6.50. The molecule has 1 aliphatic heterocycles. The number of methoxy groups -OCH3 is 1. The average Bonchev–Trinajstić information content (AvgIpc) is 2.88. The highest BCUT2D eigenvalue weighted by Gasteiger charge is 2.10. The molecule has 1 aliphatic rings. The van der Waals surface area contributed by atoms with E-state index in [-0.39, 0.29) is 0 Å². The van der Waals surface area contributed by atoms with Crippen molar-refractivity contribution in [1.29, 1.82) is 0 Å². The number of hydrogen-bond acceptors (Lipinski definition) is 4. The van der Waals surface area contributed by atoms with Crippen molar-refractivity contribution in [2.75, 3.05) is 39.1 Å². The fourth-order valence-electron chi connectivity index (χ4n) is 2.29. The van der Waals surface area contributed by atoms with Gasteiger partial charge in [-0.1, -0.05) is 0 Å². The van der Waals surface area contributed by atoms with Crippen LogP contribution in [0.2, 0.25) is 0 Å². The van der Waals surface area contributed by atoms with Gasteiger partial charge in [0.2, 0.25) is 0 Å². The van der Waals surface area contributed by atoms with E-state index >= 15 is 0 Å². The van der Waals surface area contributed by atoms with Crippen molar-refractivity contribution in [3.05, 3.63) is 18.2 Å². The number of nitrogens with zero attached hydrogens (tertiary/aromatic N) is 1. The van der Waals surface area contributed by atoms with Crippen LogP contribution >= 0.6 is 0 Å². The van der Waals surface area contributed by atoms with E-state index in [1.54, 1.807) is 7.11 Å². The zero-order valence-corrected chi connectivity index (χ0v) is 11.0. The van der Waals surface area contributed by atoms with E-state index in [2.05, 4.69) is 4.90 Å². The molecule has 0 bridgehead atoms. The maximum Gasteiger partial charge on any atom is 0.142 e. The first-order chi connectivity index (χ1) is 8.79. The summed E-state index contributed by atoms with van der Waals surface area (Å²) in [5.41, 5.74) is 6.44. The topological polar surface area (TPSA) is 47.7 Å². The first-order valence-corrected chi connectivity index (χ1v) is 6.58. The van der Waals surface area contributed by atoms with Gasteiger partial charge in [0.25, 0.3) is 0 Å². The number of benzene rings is 1. The maximum absolute atomic E-state index is 5.82. The van der Waals surface area contributed by atoms with Crippen LogP contribution in [0.3, 0.4) is 0 Å². The number of rotatable bonds is 6. The maximum atomic E-state index is 5.82.